The molecule has 0 aliphatic heterocycles. The van der Waals surface area contributed by atoms with Gasteiger partial charge in [0.2, 0.25) is 0 Å². The highest BCUT2D eigenvalue weighted by Gasteiger charge is 2.23. The number of amides is 3. The van der Waals surface area contributed by atoms with Crippen LogP contribution in [0.3, 0.4) is 0 Å². The maximum atomic E-state index is 12.8. The first-order valence-electron chi connectivity index (χ1n) is 9.72. The molecule has 158 valence electrons. The van der Waals surface area contributed by atoms with Gasteiger partial charge in [0.05, 0.1) is 11.6 Å². The van der Waals surface area contributed by atoms with E-state index in [-0.39, 0.29) is 11.6 Å². The summed E-state index contributed by atoms with van der Waals surface area (Å²) in [4.78, 5) is 36.3. The lowest BCUT2D eigenvalue weighted by molar-refractivity contribution is -0.129. The summed E-state index contributed by atoms with van der Waals surface area (Å²) in [5.74, 6) is -1.12. The average Bonchev–Trinajstić information content (AvgIpc) is 2.78. The van der Waals surface area contributed by atoms with E-state index in [0.29, 0.717) is 5.69 Å². The van der Waals surface area contributed by atoms with Crippen molar-refractivity contribution in [3.63, 3.8) is 0 Å². The molecule has 3 aromatic carbocycles. The van der Waals surface area contributed by atoms with Crippen LogP contribution in [0.15, 0.2) is 84.9 Å². The second-order valence-corrected chi connectivity index (χ2v) is 6.88. The first kappa shape index (κ1) is 21.6. The van der Waals surface area contributed by atoms with E-state index in [1.165, 1.54) is 19.1 Å². The van der Waals surface area contributed by atoms with Crippen molar-refractivity contribution in [1.29, 1.82) is 0 Å². The maximum absolute atomic E-state index is 12.8. The van der Waals surface area contributed by atoms with Gasteiger partial charge in [-0.2, -0.15) is 0 Å². The van der Waals surface area contributed by atoms with E-state index >= 15 is 0 Å². The van der Waals surface area contributed by atoms with E-state index in [1.807, 2.05) is 60.7 Å². The zero-order chi connectivity index (χ0) is 22.2. The largest absolute Gasteiger partial charge is 0.449 e. The Morgan fingerprint density at radius 2 is 1.42 bits per heavy atom. The zero-order valence-corrected chi connectivity index (χ0v) is 16.9. The van der Waals surface area contributed by atoms with E-state index in [0.717, 1.165) is 11.1 Å². The van der Waals surface area contributed by atoms with Crippen LogP contribution in [-0.2, 0) is 9.53 Å². The summed E-state index contributed by atoms with van der Waals surface area (Å²) >= 11 is 0. The van der Waals surface area contributed by atoms with Gasteiger partial charge < -0.3 is 21.1 Å². The Kier molecular flexibility index (Phi) is 7.01. The third-order valence-electron chi connectivity index (χ3n) is 4.57. The van der Waals surface area contributed by atoms with Crippen molar-refractivity contribution in [3.05, 3.63) is 102 Å². The number of hydrogen-bond donors (Lipinski definition) is 3. The molecule has 0 saturated heterocycles. The van der Waals surface area contributed by atoms with Crippen LogP contribution < -0.4 is 16.4 Å². The third-order valence-corrected chi connectivity index (χ3v) is 4.57. The van der Waals surface area contributed by atoms with E-state index < -0.39 is 24.0 Å². The number of anilines is 1. The summed E-state index contributed by atoms with van der Waals surface area (Å²) in [6.45, 7) is 1.51. The van der Waals surface area contributed by atoms with E-state index in [4.69, 9.17) is 10.5 Å². The fourth-order valence-corrected chi connectivity index (χ4v) is 3.06. The van der Waals surface area contributed by atoms with Gasteiger partial charge in [0.15, 0.2) is 6.10 Å². The Morgan fingerprint density at radius 3 is 1.97 bits per heavy atom. The Morgan fingerprint density at radius 1 is 0.839 bits per heavy atom. The predicted octanol–water partition coefficient (Wildman–Crippen LogP) is 3.63. The Bertz CT molecular complexity index is 1020. The van der Waals surface area contributed by atoms with Crippen LogP contribution in [0.4, 0.5) is 10.5 Å². The molecule has 0 unspecified atom stereocenters. The normalized spacial score (nSPS) is 11.4. The summed E-state index contributed by atoms with van der Waals surface area (Å²) in [6.07, 6.45) is -1.03. The zero-order valence-electron chi connectivity index (χ0n) is 16.9. The van der Waals surface area contributed by atoms with E-state index in [1.54, 1.807) is 12.1 Å². The number of nitrogens with one attached hydrogen (secondary N) is 2. The summed E-state index contributed by atoms with van der Waals surface area (Å²) < 4.78 is 5.34. The number of primary amides is 1. The lowest BCUT2D eigenvalue weighted by Crippen LogP contribution is -2.38. The van der Waals surface area contributed by atoms with Crippen LogP contribution in [0.1, 0.15) is 34.5 Å². The van der Waals surface area contributed by atoms with Crippen molar-refractivity contribution in [2.45, 2.75) is 19.1 Å². The number of rotatable bonds is 7. The standard InChI is InChI=1S/C24H23N3O4/c1-16(31-23(29)19-13-8-14-20(15-19)26-24(25)30)22(28)27-21(17-9-4-2-5-10-17)18-11-6-3-7-12-18/h2-16,21H,1H3,(H,27,28)(H3,25,26,30)/t16-/m1/s1. The minimum absolute atomic E-state index is 0.188. The van der Waals surface area contributed by atoms with Crippen LogP contribution in [0, 0.1) is 0 Å². The smallest absolute Gasteiger partial charge is 0.338 e. The highest BCUT2D eigenvalue weighted by molar-refractivity contribution is 5.95. The minimum Gasteiger partial charge on any atom is -0.449 e. The Balaban J connectivity index is 1.71. The molecule has 0 aliphatic rings. The summed E-state index contributed by atoms with van der Waals surface area (Å²) in [7, 11) is 0. The van der Waals surface area contributed by atoms with Gasteiger partial charge in [-0.15, -0.1) is 0 Å². The van der Waals surface area contributed by atoms with Crippen LogP contribution in [0.2, 0.25) is 0 Å². The topological polar surface area (TPSA) is 111 Å². The molecular formula is C24H23N3O4. The van der Waals surface area contributed by atoms with Crippen molar-refractivity contribution < 1.29 is 19.1 Å². The van der Waals surface area contributed by atoms with Crippen molar-refractivity contribution in [2.24, 2.45) is 5.73 Å². The Hall–Kier alpha value is -4.13. The van der Waals surface area contributed by atoms with Gasteiger partial charge in [-0.1, -0.05) is 66.7 Å². The number of benzene rings is 3. The molecule has 0 aromatic heterocycles. The quantitative estimate of drug-likeness (QED) is 0.510. The number of urea groups is 1. The molecule has 7 nitrogen and oxygen atoms in total. The highest BCUT2D eigenvalue weighted by atomic mass is 16.5. The van der Waals surface area contributed by atoms with Gasteiger partial charge in [-0.25, -0.2) is 9.59 Å². The number of esters is 1. The molecule has 0 spiro atoms. The van der Waals surface area contributed by atoms with Gasteiger partial charge in [-0.3, -0.25) is 4.79 Å². The van der Waals surface area contributed by atoms with Gasteiger partial charge in [0.1, 0.15) is 0 Å². The Labute approximate surface area is 180 Å². The summed E-state index contributed by atoms with van der Waals surface area (Å²) in [5, 5.41) is 5.34. The van der Waals surface area contributed by atoms with Crippen molar-refractivity contribution in [1.82, 2.24) is 5.32 Å². The first-order chi connectivity index (χ1) is 14.9. The summed E-state index contributed by atoms with van der Waals surface area (Å²) in [6, 6.07) is 24.1. The molecule has 31 heavy (non-hydrogen) atoms. The molecule has 0 bridgehead atoms. The third kappa shape index (κ3) is 5.93. The lowest BCUT2D eigenvalue weighted by Gasteiger charge is -2.22. The first-order valence-corrected chi connectivity index (χ1v) is 9.72. The SMILES string of the molecule is C[C@@H](OC(=O)c1cccc(NC(N)=O)c1)C(=O)NC(c1ccccc1)c1ccccc1. The van der Waals surface area contributed by atoms with Crippen molar-refractivity contribution in [2.75, 3.05) is 5.32 Å². The van der Waals surface area contributed by atoms with Crippen LogP contribution in [0.25, 0.3) is 0 Å². The van der Waals surface area contributed by atoms with Gasteiger partial charge in [-0.05, 0) is 36.2 Å². The molecule has 3 aromatic rings. The molecule has 7 heteroatoms. The van der Waals surface area contributed by atoms with E-state index in [9.17, 15) is 14.4 Å². The number of nitrogens with two attached hydrogens (primary N) is 1. The highest BCUT2D eigenvalue weighted by Crippen LogP contribution is 2.22. The molecule has 0 aliphatic carbocycles. The second kappa shape index (κ2) is 10.1. The average molecular weight is 417 g/mol. The van der Waals surface area contributed by atoms with E-state index in [2.05, 4.69) is 10.6 Å². The molecule has 0 radical (unpaired) electrons. The van der Waals surface area contributed by atoms with Crippen LogP contribution in [0.5, 0.6) is 0 Å². The van der Waals surface area contributed by atoms with Crippen LogP contribution in [-0.4, -0.2) is 24.0 Å². The fraction of sp³-hybridized carbons (Fsp3) is 0.125. The molecule has 0 heterocycles. The molecule has 0 saturated carbocycles. The van der Waals surface area contributed by atoms with Crippen LogP contribution >= 0.6 is 0 Å². The molecule has 0 fully saturated rings. The number of carbonyl (C=O) groups is 3. The van der Waals surface area contributed by atoms with Crippen molar-refractivity contribution >= 4 is 23.6 Å². The molecule has 3 amide bonds. The number of hydrogen-bond acceptors (Lipinski definition) is 4. The van der Waals surface area contributed by atoms with Crippen molar-refractivity contribution in [3.8, 4) is 0 Å². The maximum Gasteiger partial charge on any atom is 0.338 e. The second-order valence-electron chi connectivity index (χ2n) is 6.88. The van der Waals surface area contributed by atoms with Gasteiger partial charge >= 0.3 is 12.0 Å². The molecular weight excluding hydrogens is 394 g/mol. The molecule has 4 N–H and O–H groups in total. The molecule has 3 rings (SSSR count). The van der Waals surface area contributed by atoms with Gasteiger partial charge in [0, 0.05) is 5.69 Å². The number of ether oxygens (including phenoxy) is 1. The van der Waals surface area contributed by atoms with Gasteiger partial charge in [0.25, 0.3) is 5.91 Å². The predicted molar refractivity (Wildman–Crippen MR) is 117 cm³/mol. The molecule has 1 atom stereocenters. The minimum atomic E-state index is -1.03. The fourth-order valence-electron chi connectivity index (χ4n) is 3.06. The lowest BCUT2D eigenvalue weighted by atomic mass is 9.98. The monoisotopic (exact) mass is 417 g/mol. The summed E-state index contributed by atoms with van der Waals surface area (Å²) in [5.41, 5.74) is 7.45. The number of carbonyl (C=O) groups excluding carboxylic acids is 3.